The molecule has 2 fully saturated rings. The summed E-state index contributed by atoms with van der Waals surface area (Å²) in [6.07, 6.45) is 11.2. The molecule has 71 heavy (non-hydrogen) atoms. The summed E-state index contributed by atoms with van der Waals surface area (Å²) in [5.41, 5.74) is 1.57. The number of ketones is 1. The van der Waals surface area contributed by atoms with E-state index in [1.807, 2.05) is 72.7 Å². The maximum absolute atomic E-state index is 11.2. The van der Waals surface area contributed by atoms with E-state index in [2.05, 4.69) is 62.4 Å². The van der Waals surface area contributed by atoms with Crippen molar-refractivity contribution in [2.45, 2.75) is 204 Å². The zero-order valence-corrected chi connectivity index (χ0v) is 47.2. The molecule has 0 amide bonds. The lowest BCUT2D eigenvalue weighted by atomic mass is 10.1. The number of aliphatic hydroxyl groups is 4. The van der Waals surface area contributed by atoms with Gasteiger partial charge in [-0.25, -0.2) is 9.59 Å². The standard InChI is InChI=1S/C13H24O4.C9H18O3.C8H19N.C8H10O3.C7H10N2.C6H14O3.C3H6O/c1-10(2)12(14)15-8-6-5-7-11-9-16-13(3,4)17-11;1-9(2)11-7-8(12-9)5-3-4-6-10;1-6-9(7(2)3)8(4)5;1-5(2)7(9)11-8(10)6(3)4;1-9(2)7-3-5-8-6-4-7;7-4-2-1-3-6(9)5-8;1-3(2)4/h10-11H,5-9H2,1-4H3;8,10H,3-7H2,1-2H3;7-8H,6H2,1-5H3;1,3H2,2,4H3;3-6H,1-2H3;6-9H,1-5H2;1-2H3. The topological polar surface area (TPSA) is 224 Å². The number of hydrogen-bond acceptors (Lipinski definition) is 17. The average Bonchev–Trinajstić information content (AvgIpc) is 3.82. The normalized spacial score (nSPS) is 16.3. The Kier molecular flexibility index (Phi) is 45.7. The van der Waals surface area contributed by atoms with E-state index in [0.29, 0.717) is 44.7 Å². The van der Waals surface area contributed by atoms with Gasteiger partial charge in [0, 0.05) is 68.6 Å². The lowest BCUT2D eigenvalue weighted by molar-refractivity contribution is -0.154. The van der Waals surface area contributed by atoms with Crippen molar-refractivity contribution in [3.63, 3.8) is 0 Å². The molecule has 0 radical (unpaired) electrons. The second kappa shape index (κ2) is 43.9. The smallest absolute Gasteiger partial charge is 0.340 e. The molecule has 2 saturated heterocycles. The van der Waals surface area contributed by atoms with Crippen LogP contribution in [0.4, 0.5) is 5.69 Å². The molecule has 0 aliphatic carbocycles. The van der Waals surface area contributed by atoms with Gasteiger partial charge in [-0.3, -0.25) is 14.7 Å². The SMILES string of the molecule is C=C(C)C(=O)OC(=O)C(=C)C.CC(C)=O.CC(C)C(=O)OCCCCC1COC(C)(C)O1.CC1(C)OCC(CCCCO)O1.CCN(C(C)C)C(C)C.CN(C)c1ccncc1.OCCCCC(O)CO. The Balaban J connectivity index is -0.000000380. The molecule has 3 heterocycles. The highest BCUT2D eigenvalue weighted by atomic mass is 16.7. The first-order valence-corrected chi connectivity index (χ1v) is 25.1. The third kappa shape index (κ3) is 47.1. The van der Waals surface area contributed by atoms with Gasteiger partial charge in [-0.05, 0) is 160 Å². The van der Waals surface area contributed by atoms with Crippen LogP contribution in [-0.4, -0.2) is 156 Å². The van der Waals surface area contributed by atoms with Crippen LogP contribution < -0.4 is 4.90 Å². The van der Waals surface area contributed by atoms with Crippen LogP contribution in [0.2, 0.25) is 0 Å². The second-order valence-corrected chi connectivity index (χ2v) is 19.3. The molecule has 2 aliphatic heterocycles. The van der Waals surface area contributed by atoms with Gasteiger partial charge in [-0.1, -0.05) is 33.9 Å². The molecule has 3 rings (SSSR count). The van der Waals surface area contributed by atoms with Crippen LogP contribution in [0.15, 0.2) is 48.8 Å². The van der Waals surface area contributed by atoms with Crippen LogP contribution in [-0.2, 0) is 47.6 Å². The lowest BCUT2D eigenvalue weighted by Gasteiger charge is -2.28. The summed E-state index contributed by atoms with van der Waals surface area (Å²) in [5, 5.41) is 34.0. The first-order valence-electron chi connectivity index (χ1n) is 25.1. The van der Waals surface area contributed by atoms with Gasteiger partial charge in [0.25, 0.3) is 0 Å². The minimum atomic E-state index is -0.710. The molecule has 1 aromatic heterocycles. The van der Waals surface area contributed by atoms with Crippen molar-refractivity contribution in [2.75, 3.05) is 65.2 Å². The summed E-state index contributed by atoms with van der Waals surface area (Å²) in [5.74, 6) is -2.25. The van der Waals surface area contributed by atoms with E-state index >= 15 is 0 Å². The predicted octanol–water partition coefficient (Wildman–Crippen LogP) is 8.39. The van der Waals surface area contributed by atoms with Crippen LogP contribution in [0.3, 0.4) is 0 Å². The van der Waals surface area contributed by atoms with E-state index in [-0.39, 0.29) is 60.8 Å². The highest BCUT2D eigenvalue weighted by Crippen LogP contribution is 2.26. The van der Waals surface area contributed by atoms with Gasteiger partial charge in [-0.15, -0.1) is 0 Å². The third-order valence-electron chi connectivity index (χ3n) is 9.61. The fourth-order valence-electron chi connectivity index (χ4n) is 5.92. The van der Waals surface area contributed by atoms with Crippen molar-refractivity contribution in [1.82, 2.24) is 9.88 Å². The van der Waals surface area contributed by atoms with Crippen molar-refractivity contribution >= 4 is 29.4 Å². The van der Waals surface area contributed by atoms with Crippen molar-refractivity contribution in [1.29, 1.82) is 0 Å². The van der Waals surface area contributed by atoms with Crippen LogP contribution in [0.5, 0.6) is 0 Å². The molecule has 0 aromatic carbocycles. The quantitative estimate of drug-likeness (QED) is 0.0393. The van der Waals surface area contributed by atoms with Gasteiger partial charge >= 0.3 is 17.9 Å². The van der Waals surface area contributed by atoms with E-state index < -0.39 is 29.6 Å². The van der Waals surface area contributed by atoms with E-state index in [1.54, 1.807) is 12.4 Å². The van der Waals surface area contributed by atoms with Crippen molar-refractivity contribution in [2.24, 2.45) is 5.92 Å². The van der Waals surface area contributed by atoms with Crippen molar-refractivity contribution in [3.8, 4) is 0 Å². The average molecular weight is 1020 g/mol. The van der Waals surface area contributed by atoms with Crippen molar-refractivity contribution < 1.29 is 68.0 Å². The monoisotopic (exact) mass is 1020 g/mol. The third-order valence-corrected chi connectivity index (χ3v) is 9.61. The summed E-state index contributed by atoms with van der Waals surface area (Å²) >= 11 is 0. The zero-order chi connectivity index (χ0) is 55.8. The number of esters is 3. The van der Waals surface area contributed by atoms with E-state index in [9.17, 15) is 19.2 Å². The fourth-order valence-corrected chi connectivity index (χ4v) is 5.92. The zero-order valence-electron chi connectivity index (χ0n) is 47.2. The Morgan fingerprint density at radius 1 is 0.732 bits per heavy atom. The molecule has 1 aromatic rings. The van der Waals surface area contributed by atoms with Gasteiger partial charge < -0.3 is 58.5 Å². The van der Waals surface area contributed by atoms with E-state index in [1.165, 1.54) is 33.4 Å². The van der Waals surface area contributed by atoms with Gasteiger partial charge in [0.05, 0.1) is 50.7 Å². The molecule has 4 N–H and O–H groups in total. The summed E-state index contributed by atoms with van der Waals surface area (Å²) in [4.78, 5) is 50.4. The number of rotatable bonds is 21. The molecule has 416 valence electrons. The van der Waals surface area contributed by atoms with Crippen molar-refractivity contribution in [3.05, 3.63) is 48.8 Å². The highest BCUT2D eigenvalue weighted by molar-refractivity contribution is 6.00. The second-order valence-electron chi connectivity index (χ2n) is 19.3. The first kappa shape index (κ1) is 73.9. The Hall–Kier alpha value is -3.65. The molecule has 3 unspecified atom stereocenters. The maximum atomic E-state index is 11.2. The number of unbranched alkanes of at least 4 members (excludes halogenated alkanes) is 3. The summed E-state index contributed by atoms with van der Waals surface area (Å²) in [7, 11) is 4.02. The first-order chi connectivity index (χ1) is 32.9. The number of aliphatic hydroxyl groups excluding tert-OH is 4. The fraction of sp³-hybridized carbons (Fsp3) is 0.759. The predicted molar refractivity (Wildman–Crippen MR) is 283 cm³/mol. The number of anilines is 1. The van der Waals surface area contributed by atoms with Gasteiger partial charge in [0.15, 0.2) is 11.6 Å². The number of nitrogens with zero attached hydrogens (tertiary/aromatic N) is 3. The summed E-state index contributed by atoms with van der Waals surface area (Å²) in [6.45, 7) is 38.5. The number of carbonyl (C=O) groups is 4. The van der Waals surface area contributed by atoms with Crippen LogP contribution in [0.1, 0.15) is 162 Å². The maximum Gasteiger partial charge on any atom is 0.340 e. The minimum absolute atomic E-state index is 0.0395. The molecular formula is C54H101N3O14. The Morgan fingerprint density at radius 2 is 1.14 bits per heavy atom. The molecule has 0 saturated carbocycles. The summed E-state index contributed by atoms with van der Waals surface area (Å²) < 4.78 is 31.5. The number of Topliss-reactive ketones (excluding diaryl/α,β-unsaturated/α-hetero) is 1. The van der Waals surface area contributed by atoms with Gasteiger partial charge in [-0.2, -0.15) is 0 Å². The molecule has 17 heteroatoms. The molecule has 17 nitrogen and oxygen atoms in total. The number of aromatic nitrogens is 1. The number of ether oxygens (including phenoxy) is 6. The number of pyridine rings is 1. The minimum Gasteiger partial charge on any atom is -0.465 e. The molecule has 0 bridgehead atoms. The van der Waals surface area contributed by atoms with Crippen LogP contribution in [0, 0.1) is 5.92 Å². The van der Waals surface area contributed by atoms with Gasteiger partial charge in [0.2, 0.25) is 0 Å². The van der Waals surface area contributed by atoms with E-state index in [0.717, 1.165) is 51.5 Å². The molecule has 0 spiro atoms. The molecule has 2 aliphatic rings. The van der Waals surface area contributed by atoms with E-state index in [4.69, 9.17) is 44.1 Å². The number of hydrogen-bond donors (Lipinski definition) is 4. The lowest BCUT2D eigenvalue weighted by Crippen LogP contribution is -2.36. The summed E-state index contributed by atoms with van der Waals surface area (Å²) in [6, 6.07) is 5.32. The number of carbonyl (C=O) groups excluding carboxylic acids is 4. The Morgan fingerprint density at radius 3 is 1.42 bits per heavy atom. The van der Waals surface area contributed by atoms with Crippen LogP contribution in [0.25, 0.3) is 0 Å². The van der Waals surface area contributed by atoms with Gasteiger partial charge in [0.1, 0.15) is 5.78 Å². The Labute approximate surface area is 429 Å². The van der Waals surface area contributed by atoms with Crippen LogP contribution >= 0.6 is 0 Å². The highest BCUT2D eigenvalue weighted by Gasteiger charge is 2.33. The molecular weight excluding hydrogens is 915 g/mol. The Bertz CT molecular complexity index is 1500. The molecule has 3 atom stereocenters. The largest absolute Gasteiger partial charge is 0.465 e.